The summed E-state index contributed by atoms with van der Waals surface area (Å²) in [6.07, 6.45) is 0. The fourth-order valence-electron chi connectivity index (χ4n) is 1.75. The Morgan fingerprint density at radius 3 is 2.35 bits per heavy atom. The Morgan fingerprint density at radius 1 is 1.35 bits per heavy atom. The lowest BCUT2D eigenvalue weighted by Gasteiger charge is -2.21. The molecule has 0 bridgehead atoms. The van der Waals surface area contributed by atoms with Crippen LogP contribution in [0.3, 0.4) is 0 Å². The zero-order chi connectivity index (χ0) is 15.6. The molecule has 0 aliphatic carbocycles. The van der Waals surface area contributed by atoms with Gasteiger partial charge in [0.2, 0.25) is 10.0 Å². The van der Waals surface area contributed by atoms with Crippen LogP contribution in [0.15, 0.2) is 24.3 Å². The van der Waals surface area contributed by atoms with Gasteiger partial charge in [-0.3, -0.25) is 4.79 Å². The van der Waals surface area contributed by atoms with Gasteiger partial charge in [-0.25, -0.2) is 8.42 Å². The van der Waals surface area contributed by atoms with Gasteiger partial charge in [-0.15, -0.1) is 0 Å². The van der Waals surface area contributed by atoms with E-state index in [1.54, 1.807) is 32.9 Å². The Kier molecular flexibility index (Phi) is 5.18. The highest BCUT2D eigenvalue weighted by Gasteiger charge is 2.30. The molecule has 0 aromatic heterocycles. The summed E-state index contributed by atoms with van der Waals surface area (Å²) < 4.78 is 26.3. The summed E-state index contributed by atoms with van der Waals surface area (Å²) in [5.41, 5.74) is -0.255. The monoisotopic (exact) mass is 319 g/mol. The molecule has 0 saturated heterocycles. The molecule has 1 aromatic rings. The summed E-state index contributed by atoms with van der Waals surface area (Å²) >= 11 is 5.93. The molecule has 0 spiro atoms. The van der Waals surface area contributed by atoms with E-state index in [-0.39, 0.29) is 16.3 Å². The minimum absolute atomic E-state index is 0.172. The molecule has 0 unspecified atom stereocenters. The second-order valence-electron chi connectivity index (χ2n) is 5.73. The molecule has 112 valence electrons. The maximum absolute atomic E-state index is 12.0. The molecule has 1 aromatic carbocycles. The minimum atomic E-state index is -3.74. The molecular weight excluding hydrogens is 302 g/mol. The summed E-state index contributed by atoms with van der Waals surface area (Å²) in [5, 5.41) is 9.43. The van der Waals surface area contributed by atoms with E-state index in [4.69, 9.17) is 11.6 Å². The maximum atomic E-state index is 12.0. The maximum Gasteiger partial charge on any atom is 0.326 e. The van der Waals surface area contributed by atoms with Crippen molar-refractivity contribution in [3.8, 4) is 0 Å². The molecule has 1 rings (SSSR count). The zero-order valence-electron chi connectivity index (χ0n) is 11.6. The van der Waals surface area contributed by atoms with Gasteiger partial charge in [0.25, 0.3) is 0 Å². The van der Waals surface area contributed by atoms with Crippen LogP contribution in [0.1, 0.15) is 32.4 Å². The van der Waals surface area contributed by atoms with Gasteiger partial charge in [-0.2, -0.15) is 4.72 Å². The first-order chi connectivity index (χ1) is 9.02. The van der Waals surface area contributed by atoms with Gasteiger partial charge in [-0.1, -0.05) is 50.6 Å². The van der Waals surface area contributed by atoms with Crippen LogP contribution in [0, 0.1) is 5.41 Å². The standard InChI is InChI=1S/C13H18ClNO4S/c1-13(2,3)8-20(18,19)15-11(12(16)17)9-6-4-5-7-10(9)14/h4-7,11,15H,8H2,1-3H3,(H,16,17)/t11-/m1/s1. The van der Waals surface area contributed by atoms with E-state index in [0.29, 0.717) is 0 Å². The smallest absolute Gasteiger partial charge is 0.326 e. The van der Waals surface area contributed by atoms with Crippen molar-refractivity contribution < 1.29 is 18.3 Å². The van der Waals surface area contributed by atoms with E-state index in [1.807, 2.05) is 0 Å². The quantitative estimate of drug-likeness (QED) is 0.873. The van der Waals surface area contributed by atoms with E-state index in [1.165, 1.54) is 12.1 Å². The summed E-state index contributed by atoms with van der Waals surface area (Å²) in [6, 6.07) is 4.87. The molecule has 0 fully saturated rings. The number of carboxylic acids is 1. The van der Waals surface area contributed by atoms with Crippen LogP contribution in [0.5, 0.6) is 0 Å². The number of nitrogens with one attached hydrogen (secondary N) is 1. The summed E-state index contributed by atoms with van der Waals surface area (Å²) in [7, 11) is -3.74. The SMILES string of the molecule is CC(C)(C)CS(=O)(=O)N[C@@H](C(=O)O)c1ccccc1Cl. The topological polar surface area (TPSA) is 83.5 Å². The molecule has 7 heteroatoms. The number of benzene rings is 1. The largest absolute Gasteiger partial charge is 0.480 e. The Morgan fingerprint density at radius 2 is 1.90 bits per heavy atom. The number of hydrogen-bond donors (Lipinski definition) is 2. The molecule has 0 radical (unpaired) electrons. The van der Waals surface area contributed by atoms with Crippen molar-refractivity contribution >= 4 is 27.6 Å². The van der Waals surface area contributed by atoms with Crippen molar-refractivity contribution in [3.63, 3.8) is 0 Å². The predicted octanol–water partition coefficient (Wildman–Crippen LogP) is 2.43. The third-order valence-electron chi connectivity index (χ3n) is 2.38. The average molecular weight is 320 g/mol. The molecule has 0 aliphatic heterocycles. The molecule has 0 aliphatic rings. The van der Waals surface area contributed by atoms with Crippen molar-refractivity contribution in [2.75, 3.05) is 5.75 Å². The molecule has 0 heterocycles. The number of carbonyl (C=O) groups is 1. The first-order valence-electron chi connectivity index (χ1n) is 5.99. The van der Waals surface area contributed by atoms with Crippen LogP contribution < -0.4 is 4.72 Å². The lowest BCUT2D eigenvalue weighted by atomic mass is 10.0. The highest BCUT2D eigenvalue weighted by molar-refractivity contribution is 7.89. The predicted molar refractivity (Wildman–Crippen MR) is 78.2 cm³/mol. The average Bonchev–Trinajstić information content (AvgIpc) is 2.23. The van der Waals surface area contributed by atoms with Crippen LogP contribution in [-0.2, 0) is 14.8 Å². The van der Waals surface area contributed by atoms with Gasteiger partial charge in [-0.05, 0) is 17.0 Å². The molecule has 20 heavy (non-hydrogen) atoms. The normalized spacial score (nSPS) is 14.0. The Balaban J connectivity index is 3.07. The first kappa shape index (κ1) is 16.9. The first-order valence-corrected chi connectivity index (χ1v) is 8.02. The molecule has 0 amide bonds. The van der Waals surface area contributed by atoms with Crippen LogP contribution >= 0.6 is 11.6 Å². The van der Waals surface area contributed by atoms with Crippen molar-refractivity contribution in [2.24, 2.45) is 5.41 Å². The van der Waals surface area contributed by atoms with Gasteiger partial charge >= 0.3 is 5.97 Å². The number of hydrogen-bond acceptors (Lipinski definition) is 3. The van der Waals surface area contributed by atoms with Crippen molar-refractivity contribution in [1.82, 2.24) is 4.72 Å². The van der Waals surface area contributed by atoms with Gasteiger partial charge in [0.05, 0.1) is 5.75 Å². The number of sulfonamides is 1. The minimum Gasteiger partial charge on any atom is -0.480 e. The van der Waals surface area contributed by atoms with Gasteiger partial charge in [0.15, 0.2) is 0 Å². The molecule has 1 atom stereocenters. The second kappa shape index (κ2) is 6.11. The number of rotatable bonds is 5. The highest BCUT2D eigenvalue weighted by atomic mass is 35.5. The Bertz CT molecular complexity index is 593. The second-order valence-corrected chi connectivity index (χ2v) is 7.89. The van der Waals surface area contributed by atoms with Crippen LogP contribution in [0.4, 0.5) is 0 Å². The zero-order valence-corrected chi connectivity index (χ0v) is 13.1. The fraction of sp³-hybridized carbons (Fsp3) is 0.462. The number of carboxylic acid groups (broad SMARTS) is 1. The Labute approximate surface area is 124 Å². The van der Waals surface area contributed by atoms with E-state index < -0.39 is 27.4 Å². The lowest BCUT2D eigenvalue weighted by molar-refractivity contribution is -0.139. The van der Waals surface area contributed by atoms with Crippen molar-refractivity contribution in [2.45, 2.75) is 26.8 Å². The van der Waals surface area contributed by atoms with Crippen LogP contribution in [0.2, 0.25) is 5.02 Å². The lowest BCUT2D eigenvalue weighted by Crippen LogP contribution is -2.38. The third-order valence-corrected chi connectivity index (χ3v) is 4.57. The summed E-state index contributed by atoms with van der Waals surface area (Å²) in [4.78, 5) is 11.3. The van der Waals surface area contributed by atoms with Crippen LogP contribution in [-0.4, -0.2) is 25.2 Å². The molecular formula is C13H18ClNO4S. The van der Waals surface area contributed by atoms with Crippen molar-refractivity contribution in [3.05, 3.63) is 34.9 Å². The molecule has 0 saturated carbocycles. The van der Waals surface area contributed by atoms with E-state index >= 15 is 0 Å². The van der Waals surface area contributed by atoms with E-state index in [0.717, 1.165) is 0 Å². The summed E-state index contributed by atoms with van der Waals surface area (Å²) in [6.45, 7) is 5.28. The van der Waals surface area contributed by atoms with Crippen molar-refractivity contribution in [1.29, 1.82) is 0 Å². The fourth-order valence-corrected chi connectivity index (χ4v) is 3.80. The molecule has 5 nitrogen and oxygen atoms in total. The molecule has 2 N–H and O–H groups in total. The van der Waals surface area contributed by atoms with E-state index in [2.05, 4.69) is 4.72 Å². The number of aliphatic carboxylic acids is 1. The highest BCUT2D eigenvalue weighted by Crippen LogP contribution is 2.24. The van der Waals surface area contributed by atoms with Gasteiger partial charge in [0, 0.05) is 5.02 Å². The number of halogens is 1. The van der Waals surface area contributed by atoms with E-state index in [9.17, 15) is 18.3 Å². The third kappa shape index (κ3) is 5.11. The van der Waals surface area contributed by atoms with Crippen LogP contribution in [0.25, 0.3) is 0 Å². The Hall–Kier alpha value is -1.11. The van der Waals surface area contributed by atoms with Gasteiger partial charge in [0.1, 0.15) is 6.04 Å². The van der Waals surface area contributed by atoms with Gasteiger partial charge < -0.3 is 5.11 Å². The summed E-state index contributed by atoms with van der Waals surface area (Å²) in [5.74, 6) is -1.47.